The first-order valence-electron chi connectivity index (χ1n) is 6.01. The second-order valence-electron chi connectivity index (χ2n) is 4.43. The molecule has 0 saturated heterocycles. The summed E-state index contributed by atoms with van der Waals surface area (Å²) in [5.41, 5.74) is 1.36. The van der Waals surface area contributed by atoms with Crippen LogP contribution in [0.1, 0.15) is 11.1 Å². The van der Waals surface area contributed by atoms with E-state index in [1.165, 1.54) is 12.1 Å². The van der Waals surface area contributed by atoms with Gasteiger partial charge in [-0.15, -0.1) is 0 Å². The number of benzene rings is 2. The molecule has 0 N–H and O–H groups in total. The van der Waals surface area contributed by atoms with Gasteiger partial charge in [0.2, 0.25) is 0 Å². The van der Waals surface area contributed by atoms with Gasteiger partial charge in [-0.05, 0) is 35.9 Å². The fraction of sp³-hybridized carbons (Fsp3) is 0.133. The van der Waals surface area contributed by atoms with Gasteiger partial charge in [0, 0.05) is 11.6 Å². The quantitative estimate of drug-likeness (QED) is 0.775. The molecular weight excluding hydrogens is 354 g/mol. The van der Waals surface area contributed by atoms with Crippen LogP contribution >= 0.6 is 15.9 Å². The van der Waals surface area contributed by atoms with Crippen molar-refractivity contribution in [1.82, 2.24) is 0 Å². The molecule has 2 aromatic carbocycles. The number of hydrogen-bond donors (Lipinski definition) is 0. The van der Waals surface area contributed by atoms with Crippen LogP contribution in [0.5, 0.6) is 11.5 Å². The Bertz CT molecular complexity index is 810. The molecule has 4 nitrogen and oxygen atoms in total. The van der Waals surface area contributed by atoms with Gasteiger partial charge in [-0.25, -0.2) is 8.42 Å². The molecule has 6 heteroatoms. The van der Waals surface area contributed by atoms with Crippen LogP contribution < -0.4 is 4.74 Å². The molecule has 0 radical (unpaired) electrons. The molecule has 0 aliphatic heterocycles. The third kappa shape index (κ3) is 3.84. The molecule has 0 aliphatic rings. The lowest BCUT2D eigenvalue weighted by molar-refractivity contribution is 0.479. The van der Waals surface area contributed by atoms with E-state index in [4.69, 9.17) is 10.00 Å². The van der Waals surface area contributed by atoms with Gasteiger partial charge in [0.05, 0.1) is 10.5 Å². The monoisotopic (exact) mass is 365 g/mol. The summed E-state index contributed by atoms with van der Waals surface area (Å²) in [6.45, 7) is 0. The van der Waals surface area contributed by atoms with Crippen LogP contribution in [0.25, 0.3) is 0 Å². The summed E-state index contributed by atoms with van der Waals surface area (Å²) in [5, 5.41) is 9.80. The number of ether oxygens (including phenoxy) is 1. The summed E-state index contributed by atoms with van der Waals surface area (Å²) < 4.78 is 28.7. The SMILES string of the molecule is CS(=O)(=O)c1cccc(Oc2ccc(CBr)cc2C#N)c1. The van der Waals surface area contributed by atoms with Gasteiger partial charge in [0.25, 0.3) is 0 Å². The normalized spacial score (nSPS) is 10.9. The standard InChI is InChI=1S/C15H12BrNO3S/c1-21(18,19)14-4-2-3-13(8-14)20-15-6-5-11(9-16)7-12(15)10-17/h2-8H,9H2,1H3. The lowest BCUT2D eigenvalue weighted by Crippen LogP contribution is -1.97. The van der Waals surface area contributed by atoms with Crippen LogP contribution in [0.15, 0.2) is 47.4 Å². The summed E-state index contributed by atoms with van der Waals surface area (Å²) in [5.74, 6) is 0.772. The minimum atomic E-state index is -3.30. The van der Waals surface area contributed by atoms with E-state index in [9.17, 15) is 8.42 Å². The second kappa shape index (κ2) is 6.29. The second-order valence-corrected chi connectivity index (χ2v) is 7.00. The van der Waals surface area contributed by atoms with Crippen molar-refractivity contribution >= 4 is 25.8 Å². The molecule has 0 aromatic heterocycles. The number of halogens is 1. The molecule has 0 fully saturated rings. The van der Waals surface area contributed by atoms with Crippen molar-refractivity contribution in [3.8, 4) is 17.6 Å². The lowest BCUT2D eigenvalue weighted by atomic mass is 10.1. The van der Waals surface area contributed by atoms with E-state index in [0.29, 0.717) is 22.4 Å². The smallest absolute Gasteiger partial charge is 0.175 e. The van der Waals surface area contributed by atoms with E-state index in [1.807, 2.05) is 6.07 Å². The molecule has 0 heterocycles. The Hall–Kier alpha value is -1.84. The first-order valence-corrected chi connectivity index (χ1v) is 9.02. The zero-order chi connectivity index (χ0) is 15.5. The number of rotatable bonds is 4. The zero-order valence-corrected chi connectivity index (χ0v) is 13.6. The maximum Gasteiger partial charge on any atom is 0.175 e. The Kier molecular flexibility index (Phi) is 4.66. The Morgan fingerprint density at radius 2 is 2.00 bits per heavy atom. The van der Waals surface area contributed by atoms with E-state index in [0.717, 1.165) is 11.8 Å². The summed E-state index contributed by atoms with van der Waals surface area (Å²) in [6.07, 6.45) is 1.14. The average molecular weight is 366 g/mol. The summed E-state index contributed by atoms with van der Waals surface area (Å²) in [4.78, 5) is 0.176. The molecule has 0 unspecified atom stereocenters. The Balaban J connectivity index is 2.37. The Labute approximate surface area is 132 Å². The van der Waals surface area contributed by atoms with Crippen LogP contribution in [0.2, 0.25) is 0 Å². The third-order valence-electron chi connectivity index (χ3n) is 2.78. The van der Waals surface area contributed by atoms with Gasteiger partial charge >= 0.3 is 0 Å². The van der Waals surface area contributed by atoms with Crippen LogP contribution in [-0.2, 0) is 15.2 Å². The van der Waals surface area contributed by atoms with Gasteiger partial charge in [0.15, 0.2) is 9.84 Å². The van der Waals surface area contributed by atoms with Crippen molar-refractivity contribution in [2.75, 3.05) is 6.26 Å². The van der Waals surface area contributed by atoms with Crippen molar-refractivity contribution in [1.29, 1.82) is 5.26 Å². The van der Waals surface area contributed by atoms with Gasteiger partial charge in [0.1, 0.15) is 17.6 Å². The van der Waals surface area contributed by atoms with E-state index in [2.05, 4.69) is 22.0 Å². The molecule has 0 saturated carbocycles. The van der Waals surface area contributed by atoms with Crippen LogP contribution in [0.4, 0.5) is 0 Å². The van der Waals surface area contributed by atoms with Gasteiger partial charge in [-0.2, -0.15) is 5.26 Å². The zero-order valence-electron chi connectivity index (χ0n) is 11.2. The van der Waals surface area contributed by atoms with Gasteiger partial charge in [-0.1, -0.05) is 28.1 Å². The van der Waals surface area contributed by atoms with Crippen molar-refractivity contribution in [2.45, 2.75) is 10.2 Å². The fourth-order valence-corrected chi connectivity index (χ4v) is 2.74. The number of sulfone groups is 1. The number of hydrogen-bond acceptors (Lipinski definition) is 4. The predicted octanol–water partition coefficient (Wildman–Crippen LogP) is 3.65. The Morgan fingerprint density at radius 1 is 1.24 bits per heavy atom. The van der Waals surface area contributed by atoms with Crippen LogP contribution in [0, 0.1) is 11.3 Å². The highest BCUT2D eigenvalue weighted by Gasteiger charge is 2.10. The Morgan fingerprint density at radius 3 is 2.62 bits per heavy atom. The minimum absolute atomic E-state index is 0.176. The third-order valence-corrected chi connectivity index (χ3v) is 4.54. The lowest BCUT2D eigenvalue weighted by Gasteiger charge is -2.09. The average Bonchev–Trinajstić information content (AvgIpc) is 2.47. The fourth-order valence-electron chi connectivity index (χ4n) is 1.73. The van der Waals surface area contributed by atoms with E-state index >= 15 is 0 Å². The van der Waals surface area contributed by atoms with Crippen LogP contribution in [-0.4, -0.2) is 14.7 Å². The molecule has 21 heavy (non-hydrogen) atoms. The molecule has 0 amide bonds. The first-order chi connectivity index (χ1) is 9.94. The minimum Gasteiger partial charge on any atom is -0.456 e. The van der Waals surface area contributed by atoms with Crippen LogP contribution in [0.3, 0.4) is 0 Å². The summed E-state index contributed by atoms with van der Waals surface area (Å²) >= 11 is 3.33. The van der Waals surface area contributed by atoms with Crippen molar-refractivity contribution in [2.24, 2.45) is 0 Å². The molecule has 2 rings (SSSR count). The van der Waals surface area contributed by atoms with Gasteiger partial charge < -0.3 is 4.74 Å². The molecular formula is C15H12BrNO3S. The van der Waals surface area contributed by atoms with E-state index < -0.39 is 9.84 Å². The largest absolute Gasteiger partial charge is 0.456 e. The summed E-state index contributed by atoms with van der Waals surface area (Å²) in [6, 6.07) is 13.5. The van der Waals surface area contributed by atoms with Gasteiger partial charge in [-0.3, -0.25) is 0 Å². The summed E-state index contributed by atoms with van der Waals surface area (Å²) in [7, 11) is -3.30. The van der Waals surface area contributed by atoms with E-state index in [-0.39, 0.29) is 4.90 Å². The highest BCUT2D eigenvalue weighted by molar-refractivity contribution is 9.08. The number of nitrogens with zero attached hydrogens (tertiary/aromatic N) is 1. The molecule has 0 aliphatic carbocycles. The predicted molar refractivity (Wildman–Crippen MR) is 83.4 cm³/mol. The number of nitriles is 1. The highest BCUT2D eigenvalue weighted by Crippen LogP contribution is 2.28. The molecule has 108 valence electrons. The highest BCUT2D eigenvalue weighted by atomic mass is 79.9. The van der Waals surface area contributed by atoms with Crippen molar-refractivity contribution < 1.29 is 13.2 Å². The molecule has 0 atom stereocenters. The molecule has 0 bridgehead atoms. The van der Waals surface area contributed by atoms with Crippen molar-refractivity contribution in [3.63, 3.8) is 0 Å². The maximum absolute atomic E-state index is 11.5. The van der Waals surface area contributed by atoms with E-state index in [1.54, 1.807) is 24.3 Å². The number of alkyl halides is 1. The molecule has 0 spiro atoms. The first kappa shape index (κ1) is 15.5. The molecule has 2 aromatic rings. The maximum atomic E-state index is 11.5. The topological polar surface area (TPSA) is 67.2 Å². The van der Waals surface area contributed by atoms with Crippen molar-refractivity contribution in [3.05, 3.63) is 53.6 Å².